The molecular weight excluding hydrogens is 428 g/mol. The molecular formula is C24H21ClN4O3. The Morgan fingerprint density at radius 2 is 1.84 bits per heavy atom. The number of amides is 2. The lowest BCUT2D eigenvalue weighted by atomic mass is 10.1. The summed E-state index contributed by atoms with van der Waals surface area (Å²) in [6.45, 7) is 1.83. The molecule has 2 aromatic heterocycles. The minimum atomic E-state index is -0.468. The van der Waals surface area contributed by atoms with Crippen molar-refractivity contribution in [2.24, 2.45) is 0 Å². The van der Waals surface area contributed by atoms with Gasteiger partial charge in [0.15, 0.2) is 11.5 Å². The number of hydrogen-bond acceptors (Lipinski definition) is 4. The second kappa shape index (κ2) is 9.53. The smallest absolute Gasteiger partial charge is 0.272 e. The fraction of sp³-hybridized carbons (Fsp3) is 0.125. The van der Waals surface area contributed by atoms with E-state index in [-0.39, 0.29) is 18.1 Å². The molecule has 162 valence electrons. The van der Waals surface area contributed by atoms with Crippen LogP contribution < -0.4 is 10.6 Å². The van der Waals surface area contributed by atoms with Gasteiger partial charge >= 0.3 is 0 Å². The molecule has 4 aromatic rings. The summed E-state index contributed by atoms with van der Waals surface area (Å²) in [5.74, 6) is -0.229. The highest BCUT2D eigenvalue weighted by Gasteiger charge is 2.19. The normalized spacial score (nSPS) is 10.7. The largest absolute Gasteiger partial charge is 0.463 e. The van der Waals surface area contributed by atoms with Gasteiger partial charge in [0.25, 0.3) is 5.91 Å². The quantitative estimate of drug-likeness (QED) is 0.428. The van der Waals surface area contributed by atoms with E-state index in [1.165, 1.54) is 0 Å². The first kappa shape index (κ1) is 21.4. The Bertz CT molecular complexity index is 1230. The minimum absolute atomic E-state index is 0.160. The summed E-state index contributed by atoms with van der Waals surface area (Å²) >= 11 is 5.99. The van der Waals surface area contributed by atoms with E-state index in [4.69, 9.17) is 16.0 Å². The Morgan fingerprint density at radius 1 is 1.06 bits per heavy atom. The maximum absolute atomic E-state index is 12.7. The predicted octanol–water partition coefficient (Wildman–Crippen LogP) is 4.72. The van der Waals surface area contributed by atoms with Crippen LogP contribution in [0.4, 0.5) is 5.69 Å². The van der Waals surface area contributed by atoms with Crippen LogP contribution >= 0.6 is 11.6 Å². The molecule has 2 amide bonds. The number of rotatable bonds is 7. The number of aryl methyl sites for hydroxylation is 1. The van der Waals surface area contributed by atoms with Gasteiger partial charge in [-0.25, -0.2) is 4.68 Å². The van der Waals surface area contributed by atoms with Gasteiger partial charge in [0.1, 0.15) is 5.69 Å². The lowest BCUT2D eigenvalue weighted by molar-refractivity contribution is -0.115. The van der Waals surface area contributed by atoms with E-state index in [0.717, 1.165) is 17.7 Å². The number of nitrogens with one attached hydrogen (secondary N) is 2. The summed E-state index contributed by atoms with van der Waals surface area (Å²) in [6, 6.07) is 19.8. The van der Waals surface area contributed by atoms with Crippen LogP contribution in [0.2, 0.25) is 5.02 Å². The number of hydrogen-bond donors (Lipinski definition) is 2. The molecule has 0 saturated carbocycles. The Morgan fingerprint density at radius 3 is 2.56 bits per heavy atom. The number of carbonyl (C=O) groups excluding carboxylic acids is 2. The number of benzene rings is 2. The zero-order valence-corrected chi connectivity index (χ0v) is 18.1. The number of carbonyl (C=O) groups is 2. The van der Waals surface area contributed by atoms with Gasteiger partial charge in [-0.1, -0.05) is 36.7 Å². The first-order valence-corrected chi connectivity index (χ1v) is 10.5. The van der Waals surface area contributed by atoms with Crippen LogP contribution in [0.3, 0.4) is 0 Å². The van der Waals surface area contributed by atoms with Gasteiger partial charge in [-0.15, -0.1) is 0 Å². The molecule has 0 fully saturated rings. The van der Waals surface area contributed by atoms with Crippen molar-refractivity contribution in [2.45, 2.75) is 13.3 Å². The zero-order valence-electron chi connectivity index (χ0n) is 17.3. The lowest BCUT2D eigenvalue weighted by Gasteiger charge is -2.10. The standard InChI is InChI=1S/C24H21ClN4O3/c1-2-16-6-3-4-7-19(16)27-23(30)15-26-24(31)20-14-21(22-8-5-13-32-22)29(28-20)18-11-9-17(25)10-12-18/h3-14H,2,15H2,1H3,(H,26,31)(H,27,30). The molecule has 2 heterocycles. The van der Waals surface area contributed by atoms with E-state index >= 15 is 0 Å². The maximum Gasteiger partial charge on any atom is 0.272 e. The van der Waals surface area contributed by atoms with Crippen molar-refractivity contribution in [3.63, 3.8) is 0 Å². The Labute approximate surface area is 190 Å². The highest BCUT2D eigenvalue weighted by atomic mass is 35.5. The number of furan rings is 1. The van der Waals surface area contributed by atoms with Crippen molar-refractivity contribution in [2.75, 3.05) is 11.9 Å². The monoisotopic (exact) mass is 448 g/mol. The maximum atomic E-state index is 12.7. The van der Waals surface area contributed by atoms with Crippen LogP contribution in [-0.4, -0.2) is 28.1 Å². The molecule has 0 aliphatic heterocycles. The van der Waals surface area contributed by atoms with Gasteiger partial charge in [0.2, 0.25) is 5.91 Å². The third-order valence-electron chi connectivity index (χ3n) is 4.87. The summed E-state index contributed by atoms with van der Waals surface area (Å²) in [5, 5.41) is 10.5. The number of para-hydroxylation sites is 1. The van der Waals surface area contributed by atoms with Crippen LogP contribution in [-0.2, 0) is 11.2 Å². The number of anilines is 1. The zero-order chi connectivity index (χ0) is 22.5. The molecule has 2 N–H and O–H groups in total. The van der Waals surface area contributed by atoms with Crippen molar-refractivity contribution >= 4 is 29.1 Å². The molecule has 0 bridgehead atoms. The number of nitrogens with zero attached hydrogens (tertiary/aromatic N) is 2. The number of aromatic nitrogens is 2. The third kappa shape index (κ3) is 4.73. The summed E-state index contributed by atoms with van der Waals surface area (Å²) < 4.78 is 7.10. The van der Waals surface area contributed by atoms with Crippen molar-refractivity contribution in [3.8, 4) is 17.1 Å². The van der Waals surface area contributed by atoms with Crippen molar-refractivity contribution in [1.82, 2.24) is 15.1 Å². The SMILES string of the molecule is CCc1ccccc1NC(=O)CNC(=O)c1cc(-c2ccco2)n(-c2ccc(Cl)cc2)n1. The molecule has 0 aliphatic carbocycles. The van der Waals surface area contributed by atoms with Crippen LogP contribution in [0.25, 0.3) is 17.1 Å². The van der Waals surface area contributed by atoms with Crippen LogP contribution in [0.15, 0.2) is 77.4 Å². The second-order valence-corrected chi connectivity index (χ2v) is 7.46. The number of halogens is 1. The summed E-state index contributed by atoms with van der Waals surface area (Å²) in [4.78, 5) is 25.1. The highest BCUT2D eigenvalue weighted by Crippen LogP contribution is 2.25. The average molecular weight is 449 g/mol. The molecule has 8 heteroatoms. The molecule has 7 nitrogen and oxygen atoms in total. The van der Waals surface area contributed by atoms with E-state index < -0.39 is 5.91 Å². The molecule has 0 spiro atoms. The van der Waals surface area contributed by atoms with Crippen LogP contribution in [0, 0.1) is 0 Å². The Hall–Kier alpha value is -3.84. The fourth-order valence-corrected chi connectivity index (χ4v) is 3.39. The second-order valence-electron chi connectivity index (χ2n) is 7.02. The average Bonchev–Trinajstić information content (AvgIpc) is 3.48. The first-order chi connectivity index (χ1) is 15.5. The Balaban J connectivity index is 1.50. The van der Waals surface area contributed by atoms with Crippen LogP contribution in [0.1, 0.15) is 23.0 Å². The van der Waals surface area contributed by atoms with E-state index in [1.807, 2.05) is 31.2 Å². The Kier molecular flexibility index (Phi) is 6.37. The highest BCUT2D eigenvalue weighted by molar-refractivity contribution is 6.30. The molecule has 0 radical (unpaired) electrons. The molecule has 2 aromatic carbocycles. The summed E-state index contributed by atoms with van der Waals surface area (Å²) in [6.07, 6.45) is 2.34. The molecule has 4 rings (SSSR count). The van der Waals surface area contributed by atoms with Gasteiger partial charge in [-0.05, 0) is 54.4 Å². The lowest BCUT2D eigenvalue weighted by Crippen LogP contribution is -2.33. The third-order valence-corrected chi connectivity index (χ3v) is 5.12. The van der Waals surface area contributed by atoms with Crippen molar-refractivity contribution in [3.05, 3.63) is 89.3 Å². The fourth-order valence-electron chi connectivity index (χ4n) is 3.27. The molecule has 32 heavy (non-hydrogen) atoms. The van der Waals surface area contributed by atoms with Crippen molar-refractivity contribution < 1.29 is 14.0 Å². The topological polar surface area (TPSA) is 89.2 Å². The summed E-state index contributed by atoms with van der Waals surface area (Å²) in [5.41, 5.74) is 3.24. The van der Waals surface area contributed by atoms with Gasteiger partial charge in [0.05, 0.1) is 18.5 Å². The van der Waals surface area contributed by atoms with Gasteiger partial charge in [0, 0.05) is 16.8 Å². The first-order valence-electron chi connectivity index (χ1n) is 10.1. The van der Waals surface area contributed by atoms with E-state index in [1.54, 1.807) is 53.4 Å². The van der Waals surface area contributed by atoms with E-state index in [0.29, 0.717) is 22.2 Å². The van der Waals surface area contributed by atoms with E-state index in [9.17, 15) is 9.59 Å². The minimum Gasteiger partial charge on any atom is -0.463 e. The molecule has 0 unspecified atom stereocenters. The van der Waals surface area contributed by atoms with Gasteiger partial charge in [-0.2, -0.15) is 5.10 Å². The van der Waals surface area contributed by atoms with Gasteiger partial charge < -0.3 is 15.1 Å². The molecule has 0 saturated heterocycles. The van der Waals surface area contributed by atoms with Crippen molar-refractivity contribution in [1.29, 1.82) is 0 Å². The predicted molar refractivity (Wildman–Crippen MR) is 123 cm³/mol. The van der Waals surface area contributed by atoms with Crippen LogP contribution in [0.5, 0.6) is 0 Å². The van der Waals surface area contributed by atoms with Gasteiger partial charge in [-0.3, -0.25) is 9.59 Å². The molecule has 0 atom stereocenters. The molecule has 0 aliphatic rings. The van der Waals surface area contributed by atoms with E-state index in [2.05, 4.69) is 15.7 Å². The summed E-state index contributed by atoms with van der Waals surface area (Å²) in [7, 11) is 0.